The van der Waals surface area contributed by atoms with Gasteiger partial charge in [0.15, 0.2) is 7.58 Å². The Hall–Kier alpha value is 0.540. The predicted molar refractivity (Wildman–Crippen MR) is 63.4 cm³/mol. The first-order valence-electron chi connectivity index (χ1n) is 3.68. The maximum atomic E-state index is 11.1. The van der Waals surface area contributed by atoms with Gasteiger partial charge in [0.2, 0.25) is 0 Å². The Morgan fingerprint density at radius 2 is 1.92 bits per heavy atom. The van der Waals surface area contributed by atoms with E-state index in [1.54, 1.807) is 45.2 Å². The van der Waals surface area contributed by atoms with Crippen molar-refractivity contribution in [1.29, 1.82) is 0 Å². The van der Waals surface area contributed by atoms with Crippen LogP contribution in [0.4, 0.5) is 0 Å². The predicted octanol–water partition coefficient (Wildman–Crippen LogP) is 2.49. The van der Waals surface area contributed by atoms with Crippen LogP contribution < -0.4 is 0 Å². The van der Waals surface area contributed by atoms with Crippen LogP contribution in [0.1, 0.15) is 12.8 Å². The summed E-state index contributed by atoms with van der Waals surface area (Å²) < 4.78 is 0.172. The van der Waals surface area contributed by atoms with Gasteiger partial charge < -0.3 is 0 Å². The molecule has 0 aliphatic heterocycles. The molecule has 0 aromatic rings. The third-order valence-corrected chi connectivity index (χ3v) is 3.49. The zero-order valence-electron chi connectivity index (χ0n) is 6.30. The van der Waals surface area contributed by atoms with Gasteiger partial charge in [0.25, 0.3) is 0 Å². The van der Waals surface area contributed by atoms with Crippen LogP contribution in [0.2, 0.25) is 0 Å². The second-order valence-corrected chi connectivity index (χ2v) is 4.87. The van der Waals surface area contributed by atoms with Crippen molar-refractivity contribution in [2.75, 3.05) is 0 Å². The van der Waals surface area contributed by atoms with E-state index >= 15 is 0 Å². The van der Waals surface area contributed by atoms with E-state index in [0.29, 0.717) is 0 Å². The van der Waals surface area contributed by atoms with E-state index in [4.69, 9.17) is 0 Å². The first-order chi connectivity index (χ1) is 5.63. The summed E-state index contributed by atoms with van der Waals surface area (Å²) in [6.45, 7) is 0. The quantitative estimate of drug-likeness (QED) is 0.413. The molecule has 0 bridgehead atoms. The van der Waals surface area contributed by atoms with Gasteiger partial charge in [-0.2, -0.15) is 0 Å². The highest BCUT2D eigenvalue weighted by molar-refractivity contribution is 14.1. The molecule has 1 rings (SSSR count). The van der Waals surface area contributed by atoms with Crippen LogP contribution in [-0.4, -0.2) is 7.58 Å². The molecule has 4 heteroatoms. The molecule has 0 spiro atoms. The summed E-state index contributed by atoms with van der Waals surface area (Å²) in [4.78, 5) is 22.2. The lowest BCUT2D eigenvalue weighted by molar-refractivity contribution is -0.120. The maximum Gasteiger partial charge on any atom is 0.199 e. The molecule has 2 nitrogen and oxygen atoms in total. The molecule has 0 radical (unpaired) electrons. The van der Waals surface area contributed by atoms with E-state index in [0.717, 1.165) is 12.8 Å². The summed E-state index contributed by atoms with van der Waals surface area (Å²) >= 11 is 3.55. The number of hydrogen-bond acceptors (Lipinski definition) is 2. The Kier molecular flexibility index (Phi) is 4.15. The van der Waals surface area contributed by atoms with Gasteiger partial charge in [-0.1, -0.05) is 12.2 Å². The monoisotopic (exact) mass is 390 g/mol. The van der Waals surface area contributed by atoms with Crippen molar-refractivity contribution < 1.29 is 9.59 Å². The molecule has 0 aromatic carbocycles. The molecule has 66 valence electrons. The zero-order valence-corrected chi connectivity index (χ0v) is 10.6. The second-order valence-electron chi connectivity index (χ2n) is 2.75. The fraction of sp³-hybridized carbons (Fsp3) is 0.500. The lowest BCUT2D eigenvalue weighted by atomic mass is 9.86. The van der Waals surface area contributed by atoms with Gasteiger partial charge in [-0.05, 0) is 35.4 Å². The third-order valence-electron chi connectivity index (χ3n) is 1.97. The van der Waals surface area contributed by atoms with E-state index in [-0.39, 0.29) is 19.4 Å². The SMILES string of the molecule is O=C(I)C1C=CCCC1C(=O)I. The molecule has 1 aliphatic carbocycles. The number of allylic oxidation sites excluding steroid dienone is 2. The number of carbonyl (C=O) groups excluding carboxylic acids is 2. The van der Waals surface area contributed by atoms with Crippen molar-refractivity contribution >= 4 is 52.8 Å². The number of carbonyl (C=O) groups is 2. The van der Waals surface area contributed by atoms with Gasteiger partial charge in [0.1, 0.15) is 0 Å². The van der Waals surface area contributed by atoms with Crippen LogP contribution in [0.3, 0.4) is 0 Å². The Labute approximate surface area is 98.4 Å². The van der Waals surface area contributed by atoms with Gasteiger partial charge >= 0.3 is 0 Å². The molecular formula is C8H8I2O2. The van der Waals surface area contributed by atoms with Crippen LogP contribution in [0, 0.1) is 11.8 Å². The Morgan fingerprint density at radius 1 is 1.25 bits per heavy atom. The Morgan fingerprint density at radius 3 is 2.33 bits per heavy atom. The molecule has 1 aliphatic rings. The highest BCUT2D eigenvalue weighted by Crippen LogP contribution is 2.29. The smallest absolute Gasteiger partial charge is 0.199 e. The lowest BCUT2D eigenvalue weighted by Gasteiger charge is -2.21. The maximum absolute atomic E-state index is 11.1. The molecule has 0 aromatic heterocycles. The van der Waals surface area contributed by atoms with E-state index in [1.165, 1.54) is 0 Å². The molecular weight excluding hydrogens is 382 g/mol. The van der Waals surface area contributed by atoms with Crippen molar-refractivity contribution in [3.63, 3.8) is 0 Å². The summed E-state index contributed by atoms with van der Waals surface area (Å²) in [5, 5.41) is 0. The van der Waals surface area contributed by atoms with Crippen LogP contribution >= 0.6 is 45.2 Å². The van der Waals surface area contributed by atoms with E-state index in [2.05, 4.69) is 0 Å². The van der Waals surface area contributed by atoms with E-state index in [1.807, 2.05) is 12.2 Å². The number of rotatable bonds is 2. The summed E-state index contributed by atoms with van der Waals surface area (Å²) in [5.41, 5.74) is 0. The molecule has 0 amide bonds. The summed E-state index contributed by atoms with van der Waals surface area (Å²) in [5.74, 6) is -0.260. The molecule has 2 atom stereocenters. The van der Waals surface area contributed by atoms with Crippen molar-refractivity contribution in [2.24, 2.45) is 11.8 Å². The normalized spacial score (nSPS) is 28.5. The van der Waals surface area contributed by atoms with Gasteiger partial charge in [0, 0.05) is 28.5 Å². The Bertz CT molecular complexity index is 235. The molecule has 0 heterocycles. The lowest BCUT2D eigenvalue weighted by Crippen LogP contribution is -2.25. The van der Waals surface area contributed by atoms with Crippen molar-refractivity contribution in [1.82, 2.24) is 0 Å². The average Bonchev–Trinajstić information content (AvgIpc) is 2.04. The number of halogens is 2. The van der Waals surface area contributed by atoms with Gasteiger partial charge in [0.05, 0.1) is 5.92 Å². The second kappa shape index (κ2) is 4.69. The third kappa shape index (κ3) is 2.51. The highest BCUT2D eigenvalue weighted by Gasteiger charge is 2.30. The largest absolute Gasteiger partial charge is 0.287 e. The topological polar surface area (TPSA) is 34.1 Å². The molecule has 0 saturated heterocycles. The standard InChI is InChI=1S/C8H8I2O2/c9-7(11)5-3-1-2-4-6(5)8(10)12/h1,3,5-6H,2,4H2. The van der Waals surface area contributed by atoms with Gasteiger partial charge in [-0.3, -0.25) is 9.59 Å². The molecule has 0 saturated carbocycles. The first kappa shape index (κ1) is 10.6. The summed E-state index contributed by atoms with van der Waals surface area (Å²) in [6.07, 6.45) is 5.58. The van der Waals surface area contributed by atoms with Crippen LogP contribution in [0.25, 0.3) is 0 Å². The fourth-order valence-corrected chi connectivity index (χ4v) is 2.66. The molecule has 0 fully saturated rings. The average molecular weight is 390 g/mol. The van der Waals surface area contributed by atoms with E-state index < -0.39 is 0 Å². The first-order valence-corrected chi connectivity index (χ1v) is 5.84. The minimum Gasteiger partial charge on any atom is -0.287 e. The zero-order chi connectivity index (χ0) is 9.14. The molecule has 2 unspecified atom stereocenters. The van der Waals surface area contributed by atoms with Crippen LogP contribution in [0.15, 0.2) is 12.2 Å². The molecule has 0 N–H and O–H groups in total. The van der Waals surface area contributed by atoms with Crippen LogP contribution in [-0.2, 0) is 9.59 Å². The fourth-order valence-electron chi connectivity index (χ4n) is 1.32. The van der Waals surface area contributed by atoms with E-state index in [9.17, 15) is 9.59 Å². The van der Waals surface area contributed by atoms with Crippen molar-refractivity contribution in [3.05, 3.63) is 12.2 Å². The van der Waals surface area contributed by atoms with Crippen molar-refractivity contribution in [2.45, 2.75) is 12.8 Å². The Balaban J connectivity index is 2.79. The summed E-state index contributed by atoms with van der Waals surface area (Å²) in [6, 6.07) is 0. The van der Waals surface area contributed by atoms with Crippen LogP contribution in [0.5, 0.6) is 0 Å². The van der Waals surface area contributed by atoms with Gasteiger partial charge in [-0.15, -0.1) is 0 Å². The highest BCUT2D eigenvalue weighted by atomic mass is 127. The van der Waals surface area contributed by atoms with Gasteiger partial charge in [-0.25, -0.2) is 0 Å². The number of hydrogen-bond donors (Lipinski definition) is 0. The van der Waals surface area contributed by atoms with Crippen molar-refractivity contribution in [3.8, 4) is 0 Å². The minimum absolute atomic E-state index is 0.0681. The summed E-state index contributed by atoms with van der Waals surface area (Å²) in [7, 11) is 0. The molecule has 12 heavy (non-hydrogen) atoms. The minimum atomic E-state index is -0.177.